The molecule has 8 heteroatoms. The molecule has 2 heterocycles. The number of hydrogen-bond donors (Lipinski definition) is 1. The largest absolute Gasteiger partial charge is 0.377 e. The van der Waals surface area contributed by atoms with Crippen LogP contribution in [0.5, 0.6) is 0 Å². The van der Waals surface area contributed by atoms with Crippen LogP contribution in [0.2, 0.25) is 5.02 Å². The van der Waals surface area contributed by atoms with Gasteiger partial charge in [0, 0.05) is 18.2 Å². The topological polar surface area (TPSA) is 73.2 Å². The zero-order valence-electron chi connectivity index (χ0n) is 13.6. The highest BCUT2D eigenvalue weighted by molar-refractivity contribution is 7.89. The van der Waals surface area contributed by atoms with Gasteiger partial charge in [0.05, 0.1) is 23.2 Å². The normalized spacial score (nSPS) is 18.2. The Kier molecular flexibility index (Phi) is 4.96. The van der Waals surface area contributed by atoms with E-state index in [4.69, 9.17) is 16.3 Å². The Bertz CT molecular complexity index is 825. The maximum Gasteiger partial charge on any atom is 0.244 e. The molecule has 0 saturated carbocycles. The summed E-state index contributed by atoms with van der Waals surface area (Å²) in [6.45, 7) is 4.42. The molecule has 3 rings (SSSR count). The first-order valence-electron chi connectivity index (χ1n) is 7.82. The van der Waals surface area contributed by atoms with E-state index in [1.54, 1.807) is 42.8 Å². The molecule has 0 bridgehead atoms. The van der Waals surface area contributed by atoms with E-state index in [1.807, 2.05) is 0 Å². The molecule has 0 unspecified atom stereocenters. The van der Waals surface area contributed by atoms with Gasteiger partial charge in [0.1, 0.15) is 4.90 Å². The van der Waals surface area contributed by atoms with Gasteiger partial charge >= 0.3 is 0 Å². The first-order chi connectivity index (χ1) is 11.4. The standard InChI is InChI=1S/C16H20ClN3O3S/c1-11-16(24(21,22)18-10-15-4-3-9-23-15)12(2)20(19-11)14-7-5-13(17)6-8-14/h5-8,15,18H,3-4,9-10H2,1-2H3/t15-/m1/s1. The third kappa shape index (κ3) is 3.49. The number of nitrogens with zero attached hydrogens (tertiary/aromatic N) is 2. The number of aryl methyl sites for hydroxylation is 1. The molecule has 130 valence electrons. The van der Waals surface area contributed by atoms with Crippen molar-refractivity contribution in [2.75, 3.05) is 13.2 Å². The predicted molar refractivity (Wildman–Crippen MR) is 92.2 cm³/mol. The Morgan fingerprint density at radius 1 is 1.33 bits per heavy atom. The molecular formula is C16H20ClN3O3S. The molecule has 2 aromatic rings. The Morgan fingerprint density at radius 2 is 2.04 bits per heavy atom. The van der Waals surface area contributed by atoms with Gasteiger partial charge in [-0.1, -0.05) is 11.6 Å². The van der Waals surface area contributed by atoms with E-state index in [0.29, 0.717) is 23.0 Å². The number of halogens is 1. The van der Waals surface area contributed by atoms with Crippen LogP contribution in [0.1, 0.15) is 24.2 Å². The SMILES string of the molecule is Cc1nn(-c2ccc(Cl)cc2)c(C)c1S(=O)(=O)NC[C@H]1CCCO1. The van der Waals surface area contributed by atoms with E-state index in [2.05, 4.69) is 9.82 Å². The Hall–Kier alpha value is -1.41. The van der Waals surface area contributed by atoms with Crippen molar-refractivity contribution in [3.8, 4) is 5.69 Å². The minimum atomic E-state index is -3.64. The average Bonchev–Trinajstić information content (AvgIpc) is 3.14. The van der Waals surface area contributed by atoms with Crippen LogP contribution in [0.4, 0.5) is 0 Å². The van der Waals surface area contributed by atoms with Crippen molar-refractivity contribution < 1.29 is 13.2 Å². The number of aromatic nitrogens is 2. The lowest BCUT2D eigenvalue weighted by molar-refractivity contribution is 0.114. The summed E-state index contributed by atoms with van der Waals surface area (Å²) in [6.07, 6.45) is 1.80. The van der Waals surface area contributed by atoms with Crippen LogP contribution in [0.3, 0.4) is 0 Å². The van der Waals surface area contributed by atoms with Gasteiger partial charge in [-0.25, -0.2) is 17.8 Å². The summed E-state index contributed by atoms with van der Waals surface area (Å²) in [5.41, 5.74) is 1.79. The summed E-state index contributed by atoms with van der Waals surface area (Å²) in [7, 11) is -3.64. The lowest BCUT2D eigenvalue weighted by Crippen LogP contribution is -2.32. The third-order valence-electron chi connectivity index (χ3n) is 4.09. The van der Waals surface area contributed by atoms with Gasteiger partial charge in [-0.15, -0.1) is 0 Å². The molecule has 1 aliphatic heterocycles. The van der Waals surface area contributed by atoms with Crippen molar-refractivity contribution in [1.29, 1.82) is 0 Å². The highest BCUT2D eigenvalue weighted by Gasteiger charge is 2.26. The van der Waals surface area contributed by atoms with E-state index >= 15 is 0 Å². The monoisotopic (exact) mass is 369 g/mol. The molecule has 1 aromatic heterocycles. The fraction of sp³-hybridized carbons (Fsp3) is 0.438. The quantitative estimate of drug-likeness (QED) is 0.879. The zero-order valence-corrected chi connectivity index (χ0v) is 15.2. The molecule has 1 aliphatic rings. The Morgan fingerprint density at radius 3 is 2.67 bits per heavy atom. The fourth-order valence-electron chi connectivity index (χ4n) is 2.93. The molecule has 1 aromatic carbocycles. The average molecular weight is 370 g/mol. The molecule has 1 fully saturated rings. The summed E-state index contributed by atoms with van der Waals surface area (Å²) in [6, 6.07) is 7.10. The second-order valence-corrected chi connectivity index (χ2v) is 8.02. The number of rotatable bonds is 5. The second-order valence-electron chi connectivity index (χ2n) is 5.88. The van der Waals surface area contributed by atoms with Crippen LogP contribution < -0.4 is 4.72 Å². The first kappa shape index (κ1) is 17.4. The van der Waals surface area contributed by atoms with Crippen molar-refractivity contribution in [3.05, 3.63) is 40.7 Å². The molecule has 1 atom stereocenters. The van der Waals surface area contributed by atoms with Crippen molar-refractivity contribution in [2.45, 2.75) is 37.7 Å². The van der Waals surface area contributed by atoms with Crippen molar-refractivity contribution >= 4 is 21.6 Å². The summed E-state index contributed by atoms with van der Waals surface area (Å²) >= 11 is 5.90. The minimum absolute atomic E-state index is 0.0494. The van der Waals surface area contributed by atoms with Gasteiger partial charge in [0.2, 0.25) is 10.0 Å². The van der Waals surface area contributed by atoms with Crippen LogP contribution in [-0.2, 0) is 14.8 Å². The lowest BCUT2D eigenvalue weighted by atomic mass is 10.2. The van der Waals surface area contributed by atoms with Crippen LogP contribution >= 0.6 is 11.6 Å². The molecular weight excluding hydrogens is 350 g/mol. The molecule has 0 aliphatic carbocycles. The summed E-state index contributed by atoms with van der Waals surface area (Å²) in [4.78, 5) is 0.218. The summed E-state index contributed by atoms with van der Waals surface area (Å²) in [5.74, 6) is 0. The molecule has 0 radical (unpaired) electrons. The highest BCUT2D eigenvalue weighted by Crippen LogP contribution is 2.23. The number of nitrogens with one attached hydrogen (secondary N) is 1. The lowest BCUT2D eigenvalue weighted by Gasteiger charge is -2.12. The van der Waals surface area contributed by atoms with Gasteiger partial charge in [-0.05, 0) is 51.0 Å². The van der Waals surface area contributed by atoms with Gasteiger partial charge in [-0.3, -0.25) is 0 Å². The maximum atomic E-state index is 12.7. The van der Waals surface area contributed by atoms with E-state index in [-0.39, 0.29) is 17.5 Å². The Labute approximate surface area is 146 Å². The van der Waals surface area contributed by atoms with Gasteiger partial charge in [0.15, 0.2) is 0 Å². The highest BCUT2D eigenvalue weighted by atomic mass is 35.5. The molecule has 0 spiro atoms. The van der Waals surface area contributed by atoms with Crippen LogP contribution in [0.15, 0.2) is 29.2 Å². The van der Waals surface area contributed by atoms with Gasteiger partial charge in [0.25, 0.3) is 0 Å². The molecule has 6 nitrogen and oxygen atoms in total. The van der Waals surface area contributed by atoms with E-state index in [9.17, 15) is 8.42 Å². The van der Waals surface area contributed by atoms with Gasteiger partial charge in [-0.2, -0.15) is 5.10 Å². The zero-order chi connectivity index (χ0) is 17.3. The summed E-state index contributed by atoms with van der Waals surface area (Å²) < 4.78 is 35.1. The number of hydrogen-bond acceptors (Lipinski definition) is 4. The second kappa shape index (κ2) is 6.84. The molecule has 1 N–H and O–H groups in total. The van der Waals surface area contributed by atoms with Crippen LogP contribution in [0, 0.1) is 13.8 Å². The number of benzene rings is 1. The minimum Gasteiger partial charge on any atom is -0.377 e. The van der Waals surface area contributed by atoms with Crippen molar-refractivity contribution in [2.24, 2.45) is 0 Å². The summed E-state index contributed by atoms with van der Waals surface area (Å²) in [5, 5.41) is 5.00. The number of sulfonamides is 1. The van der Waals surface area contributed by atoms with Crippen molar-refractivity contribution in [3.63, 3.8) is 0 Å². The smallest absolute Gasteiger partial charge is 0.244 e. The molecule has 1 saturated heterocycles. The first-order valence-corrected chi connectivity index (χ1v) is 9.68. The van der Waals surface area contributed by atoms with Gasteiger partial charge < -0.3 is 4.74 Å². The van der Waals surface area contributed by atoms with Crippen LogP contribution in [-0.4, -0.2) is 37.5 Å². The van der Waals surface area contributed by atoms with E-state index in [0.717, 1.165) is 18.5 Å². The van der Waals surface area contributed by atoms with Crippen LogP contribution in [0.25, 0.3) is 5.69 Å². The van der Waals surface area contributed by atoms with E-state index < -0.39 is 10.0 Å². The molecule has 24 heavy (non-hydrogen) atoms. The number of ether oxygens (including phenoxy) is 1. The molecule has 0 amide bonds. The Balaban J connectivity index is 1.88. The fourth-order valence-corrected chi connectivity index (χ4v) is 4.51. The maximum absolute atomic E-state index is 12.7. The predicted octanol–water partition coefficient (Wildman–Crippen LogP) is 2.60. The van der Waals surface area contributed by atoms with E-state index in [1.165, 1.54) is 0 Å². The van der Waals surface area contributed by atoms with Crippen molar-refractivity contribution in [1.82, 2.24) is 14.5 Å². The third-order valence-corrected chi connectivity index (χ3v) is 6.02.